The zero-order valence-corrected chi connectivity index (χ0v) is 11.1. The molecular weight excluding hydrogens is 234 g/mol. The normalized spacial score (nSPS) is 14.5. The molecule has 0 aromatic carbocycles. The average molecular weight is 255 g/mol. The molecule has 102 valence electrons. The molecule has 0 saturated carbocycles. The second-order valence-electron chi connectivity index (χ2n) is 4.95. The van der Waals surface area contributed by atoms with Gasteiger partial charge in [0.25, 0.3) is 0 Å². The quantitative estimate of drug-likeness (QED) is 0.599. The summed E-state index contributed by atoms with van der Waals surface area (Å²) >= 11 is 0. The summed E-state index contributed by atoms with van der Waals surface area (Å²) in [7, 11) is 3.73. The van der Waals surface area contributed by atoms with Crippen molar-refractivity contribution in [1.29, 1.82) is 0 Å². The van der Waals surface area contributed by atoms with Gasteiger partial charge in [-0.1, -0.05) is 0 Å². The number of hydrogen-bond acceptors (Lipinski definition) is 5. The van der Waals surface area contributed by atoms with Crippen LogP contribution >= 0.6 is 0 Å². The molecule has 0 saturated heterocycles. The van der Waals surface area contributed by atoms with E-state index >= 15 is 0 Å². The van der Waals surface area contributed by atoms with Gasteiger partial charge in [-0.3, -0.25) is 9.48 Å². The van der Waals surface area contributed by atoms with Gasteiger partial charge < -0.3 is 21.1 Å². The maximum Gasteiger partial charge on any atom is 0.241 e. The van der Waals surface area contributed by atoms with Gasteiger partial charge in [0, 0.05) is 19.3 Å². The van der Waals surface area contributed by atoms with Crippen LogP contribution in [0.15, 0.2) is 12.3 Å². The Labute approximate surface area is 107 Å². The number of anilines is 1. The number of rotatable bonds is 6. The molecule has 0 radical (unpaired) electrons. The highest BCUT2D eigenvalue weighted by Gasteiger charge is 2.22. The second-order valence-corrected chi connectivity index (χ2v) is 4.95. The van der Waals surface area contributed by atoms with Crippen LogP contribution in [0.2, 0.25) is 0 Å². The van der Waals surface area contributed by atoms with Gasteiger partial charge in [-0.2, -0.15) is 5.10 Å². The monoisotopic (exact) mass is 255 g/mol. The van der Waals surface area contributed by atoms with Crippen LogP contribution in [0.25, 0.3) is 0 Å². The molecule has 0 aliphatic heterocycles. The smallest absolute Gasteiger partial charge is 0.241 e. The Morgan fingerprint density at radius 1 is 1.67 bits per heavy atom. The lowest BCUT2D eigenvalue weighted by Gasteiger charge is -2.27. The molecule has 0 bridgehead atoms. The summed E-state index contributed by atoms with van der Waals surface area (Å²) in [4.78, 5) is 13.5. The van der Waals surface area contributed by atoms with Gasteiger partial charge in [-0.05, 0) is 27.1 Å². The van der Waals surface area contributed by atoms with Crippen LogP contribution in [0.5, 0.6) is 0 Å². The Morgan fingerprint density at radius 3 is 2.83 bits per heavy atom. The second kappa shape index (κ2) is 5.83. The van der Waals surface area contributed by atoms with E-state index in [2.05, 4.69) is 10.4 Å². The zero-order chi connectivity index (χ0) is 13.8. The largest absolute Gasteiger partial charge is 0.387 e. The minimum absolute atomic E-state index is 0.0925. The Kier molecular flexibility index (Phi) is 4.69. The number of hydrogen-bond donors (Lipinski definition) is 3. The predicted octanol–water partition coefficient (Wildman–Crippen LogP) is -1.11. The van der Waals surface area contributed by atoms with Gasteiger partial charge in [-0.15, -0.1) is 0 Å². The molecule has 0 aliphatic carbocycles. The predicted molar refractivity (Wildman–Crippen MR) is 68.8 cm³/mol. The molecule has 1 amide bonds. The lowest BCUT2D eigenvalue weighted by molar-refractivity contribution is -0.123. The highest BCUT2D eigenvalue weighted by Crippen LogP contribution is 2.02. The molecule has 1 atom stereocenters. The summed E-state index contributed by atoms with van der Waals surface area (Å²) in [6.07, 6.45) is 1.63. The highest BCUT2D eigenvalue weighted by atomic mass is 16.3. The molecule has 0 spiro atoms. The van der Waals surface area contributed by atoms with E-state index in [0.29, 0.717) is 12.4 Å². The van der Waals surface area contributed by atoms with Crippen LogP contribution in [-0.2, 0) is 11.3 Å². The van der Waals surface area contributed by atoms with E-state index in [1.54, 1.807) is 19.2 Å². The molecular formula is C11H21N5O2. The molecule has 1 aromatic heterocycles. The zero-order valence-electron chi connectivity index (χ0n) is 11.1. The van der Waals surface area contributed by atoms with Crippen LogP contribution < -0.4 is 11.1 Å². The first-order valence-corrected chi connectivity index (χ1v) is 5.71. The van der Waals surface area contributed by atoms with Crippen LogP contribution in [0.4, 0.5) is 5.82 Å². The van der Waals surface area contributed by atoms with Crippen molar-refractivity contribution in [3.63, 3.8) is 0 Å². The van der Waals surface area contributed by atoms with Crippen molar-refractivity contribution in [1.82, 2.24) is 20.0 Å². The topological polar surface area (TPSA) is 96.4 Å². The summed E-state index contributed by atoms with van der Waals surface area (Å²) in [6, 6.07) is 1.62. The fourth-order valence-corrected chi connectivity index (χ4v) is 1.69. The van der Waals surface area contributed by atoms with Crippen molar-refractivity contribution in [3.8, 4) is 0 Å². The number of carbonyl (C=O) groups excluding carboxylic acids is 1. The van der Waals surface area contributed by atoms with Crippen LogP contribution in [0, 0.1) is 0 Å². The first kappa shape index (κ1) is 14.5. The fourth-order valence-electron chi connectivity index (χ4n) is 1.69. The fraction of sp³-hybridized carbons (Fsp3) is 0.636. The van der Waals surface area contributed by atoms with E-state index in [0.717, 1.165) is 0 Å². The minimum Gasteiger partial charge on any atom is -0.387 e. The summed E-state index contributed by atoms with van der Waals surface area (Å²) in [5.41, 5.74) is 4.49. The van der Waals surface area contributed by atoms with E-state index in [1.165, 1.54) is 4.68 Å². The van der Waals surface area contributed by atoms with Crippen molar-refractivity contribution >= 4 is 11.7 Å². The molecule has 7 heteroatoms. The maximum atomic E-state index is 11.6. The molecule has 7 nitrogen and oxygen atoms in total. The third-order valence-electron chi connectivity index (χ3n) is 2.29. The minimum atomic E-state index is -0.956. The third kappa shape index (κ3) is 5.15. The molecule has 0 aliphatic rings. The molecule has 1 rings (SSSR count). The number of amides is 1. The van der Waals surface area contributed by atoms with E-state index in [4.69, 9.17) is 5.73 Å². The molecule has 1 heterocycles. The Bertz CT molecular complexity index is 400. The number of nitrogens with one attached hydrogen (secondary N) is 1. The Balaban J connectivity index is 2.37. The summed E-state index contributed by atoms with van der Waals surface area (Å²) in [5, 5.41) is 16.6. The number of likely N-dealkylation sites (N-methyl/N-ethyl adjacent to an activating group) is 1. The Morgan fingerprint density at radius 2 is 2.33 bits per heavy atom. The van der Waals surface area contributed by atoms with Crippen molar-refractivity contribution in [2.45, 2.75) is 19.1 Å². The number of nitrogens with zero attached hydrogens (tertiary/aromatic N) is 3. The van der Waals surface area contributed by atoms with Crippen molar-refractivity contribution in [2.75, 3.05) is 32.9 Å². The molecule has 4 N–H and O–H groups in total. The van der Waals surface area contributed by atoms with Crippen LogP contribution in [0.1, 0.15) is 6.92 Å². The van der Waals surface area contributed by atoms with E-state index in [-0.39, 0.29) is 19.0 Å². The van der Waals surface area contributed by atoms with Crippen LogP contribution in [-0.4, -0.2) is 58.5 Å². The van der Waals surface area contributed by atoms with Gasteiger partial charge >= 0.3 is 0 Å². The molecule has 1 unspecified atom stereocenters. The van der Waals surface area contributed by atoms with Crippen molar-refractivity contribution in [2.24, 2.45) is 0 Å². The van der Waals surface area contributed by atoms with Gasteiger partial charge in [0.1, 0.15) is 12.4 Å². The number of nitrogens with two attached hydrogens (primary N) is 1. The highest BCUT2D eigenvalue weighted by molar-refractivity contribution is 5.75. The number of aromatic nitrogens is 2. The van der Waals surface area contributed by atoms with E-state index in [1.807, 2.05) is 19.0 Å². The summed E-state index contributed by atoms with van der Waals surface area (Å²) in [5.74, 6) is 0.166. The standard InChI is InChI=1S/C11H21N5O2/c1-11(18,8-15(2)3)7-13-10(17)6-16-5-4-9(12)14-16/h4-5,18H,6-8H2,1-3H3,(H2,12,14)(H,13,17). The third-order valence-corrected chi connectivity index (χ3v) is 2.29. The van der Waals surface area contributed by atoms with Gasteiger partial charge in [0.05, 0.1) is 5.60 Å². The number of carbonyl (C=O) groups is 1. The van der Waals surface area contributed by atoms with Crippen LogP contribution in [0.3, 0.4) is 0 Å². The lowest BCUT2D eigenvalue weighted by Crippen LogP contribution is -2.47. The van der Waals surface area contributed by atoms with Gasteiger partial charge in [0.15, 0.2) is 0 Å². The summed E-state index contributed by atoms with van der Waals surface area (Å²) < 4.78 is 1.45. The summed E-state index contributed by atoms with van der Waals surface area (Å²) in [6.45, 7) is 2.44. The van der Waals surface area contributed by atoms with Crippen molar-refractivity contribution < 1.29 is 9.90 Å². The Hall–Kier alpha value is -1.60. The van der Waals surface area contributed by atoms with Gasteiger partial charge in [0.2, 0.25) is 5.91 Å². The van der Waals surface area contributed by atoms with E-state index in [9.17, 15) is 9.90 Å². The van der Waals surface area contributed by atoms with E-state index < -0.39 is 5.60 Å². The molecule has 1 aromatic rings. The first-order valence-electron chi connectivity index (χ1n) is 5.71. The number of aliphatic hydroxyl groups is 1. The lowest BCUT2D eigenvalue weighted by atomic mass is 10.1. The SMILES string of the molecule is CN(C)CC(C)(O)CNC(=O)Cn1ccc(N)n1. The first-order chi connectivity index (χ1) is 8.28. The maximum absolute atomic E-state index is 11.6. The van der Waals surface area contributed by atoms with Gasteiger partial charge in [-0.25, -0.2) is 0 Å². The van der Waals surface area contributed by atoms with Crippen molar-refractivity contribution in [3.05, 3.63) is 12.3 Å². The molecule has 0 fully saturated rings. The average Bonchev–Trinajstić information content (AvgIpc) is 2.59. The molecule has 18 heavy (non-hydrogen) atoms. The number of nitrogen functional groups attached to an aromatic ring is 1.